The van der Waals surface area contributed by atoms with Gasteiger partial charge in [0.15, 0.2) is 24.8 Å². The van der Waals surface area contributed by atoms with Gasteiger partial charge >= 0.3 is 0 Å². The van der Waals surface area contributed by atoms with Crippen LogP contribution in [-0.4, -0.2) is 28.7 Å². The van der Waals surface area contributed by atoms with Gasteiger partial charge in [0.1, 0.15) is 5.75 Å². The number of ether oxygens (including phenoxy) is 2. The Bertz CT molecular complexity index is 1160. The monoisotopic (exact) mass is 477 g/mol. The first-order valence-electron chi connectivity index (χ1n) is 10.0. The summed E-state index contributed by atoms with van der Waals surface area (Å²) in [5, 5.41) is 7.82. The average Bonchev–Trinajstić information content (AvgIpc) is 3.12. The molecule has 166 valence electrons. The van der Waals surface area contributed by atoms with Crippen LogP contribution in [0.25, 0.3) is 0 Å². The third kappa shape index (κ3) is 4.12. The lowest BCUT2D eigenvalue weighted by Gasteiger charge is -2.32. The summed E-state index contributed by atoms with van der Waals surface area (Å²) in [5.41, 5.74) is -0.174. The molecule has 0 bridgehead atoms. The Morgan fingerprint density at radius 1 is 1.16 bits per heavy atom. The molecule has 3 atom stereocenters. The van der Waals surface area contributed by atoms with Crippen molar-refractivity contribution in [3.8, 4) is 11.5 Å². The molecule has 1 amide bonds. The molecule has 0 saturated heterocycles. The van der Waals surface area contributed by atoms with Gasteiger partial charge in [-0.25, -0.2) is 4.39 Å². The van der Waals surface area contributed by atoms with E-state index in [4.69, 9.17) is 37.2 Å². The standard InChI is InChI=1S/C22H18Cl2FN3O4/c23-12-1-4-14(5-2-12)30-10-19-27-21(32-28-19)22-8-15(22)17(9-22)26-20(29)11-31-18-6-3-13(24)7-16(18)25/h1-7,15,17H,8-11H2,(H,26,29). The van der Waals surface area contributed by atoms with Gasteiger partial charge in [0.2, 0.25) is 11.7 Å². The van der Waals surface area contributed by atoms with E-state index in [0.717, 1.165) is 12.5 Å². The molecule has 2 aliphatic rings. The van der Waals surface area contributed by atoms with Crippen LogP contribution in [0.1, 0.15) is 24.6 Å². The Kier molecular flexibility index (Phi) is 5.43. The second-order valence-corrected chi connectivity index (χ2v) is 8.84. The zero-order chi connectivity index (χ0) is 22.3. The maximum atomic E-state index is 13.7. The van der Waals surface area contributed by atoms with E-state index in [2.05, 4.69) is 15.5 Å². The van der Waals surface area contributed by atoms with Crippen LogP contribution < -0.4 is 14.8 Å². The number of hydrogen-bond acceptors (Lipinski definition) is 6. The van der Waals surface area contributed by atoms with Gasteiger partial charge in [-0.3, -0.25) is 4.79 Å². The maximum absolute atomic E-state index is 13.7. The first-order chi connectivity index (χ1) is 15.4. The number of rotatable bonds is 8. The number of aromatic nitrogens is 2. The molecule has 10 heteroatoms. The van der Waals surface area contributed by atoms with Crippen LogP contribution in [0.15, 0.2) is 47.0 Å². The van der Waals surface area contributed by atoms with E-state index in [1.165, 1.54) is 12.1 Å². The largest absolute Gasteiger partial charge is 0.485 e. The predicted molar refractivity (Wildman–Crippen MR) is 113 cm³/mol. The fourth-order valence-electron chi connectivity index (χ4n) is 4.13. The summed E-state index contributed by atoms with van der Waals surface area (Å²) in [5.74, 6) is 0.996. The zero-order valence-corrected chi connectivity index (χ0v) is 18.2. The van der Waals surface area contributed by atoms with Gasteiger partial charge in [-0.2, -0.15) is 4.98 Å². The number of hydrogen-bond donors (Lipinski definition) is 1. The van der Waals surface area contributed by atoms with Crippen molar-refractivity contribution < 1.29 is 23.2 Å². The summed E-state index contributed by atoms with van der Waals surface area (Å²) in [6, 6.07) is 11.1. The number of carbonyl (C=O) groups excluding carboxylic acids is 1. The van der Waals surface area contributed by atoms with Crippen LogP contribution in [0.4, 0.5) is 4.39 Å². The van der Waals surface area contributed by atoms with E-state index in [0.29, 0.717) is 28.9 Å². The molecule has 2 aliphatic carbocycles. The molecular weight excluding hydrogens is 460 g/mol. The lowest BCUT2D eigenvalue weighted by Crippen LogP contribution is -2.48. The fourth-order valence-corrected chi connectivity index (χ4v) is 4.42. The van der Waals surface area contributed by atoms with Crippen LogP contribution in [0, 0.1) is 11.7 Å². The van der Waals surface area contributed by atoms with E-state index in [-0.39, 0.29) is 47.3 Å². The highest BCUT2D eigenvalue weighted by atomic mass is 35.5. The van der Waals surface area contributed by atoms with Gasteiger partial charge < -0.3 is 19.3 Å². The zero-order valence-electron chi connectivity index (χ0n) is 16.7. The number of amides is 1. The van der Waals surface area contributed by atoms with Crippen LogP contribution in [0.3, 0.4) is 0 Å². The van der Waals surface area contributed by atoms with Crippen molar-refractivity contribution in [2.24, 2.45) is 5.92 Å². The minimum atomic E-state index is -0.609. The molecule has 2 aromatic carbocycles. The molecule has 2 fully saturated rings. The van der Waals surface area contributed by atoms with Crippen molar-refractivity contribution in [1.82, 2.24) is 15.5 Å². The number of benzene rings is 2. The lowest BCUT2D eigenvalue weighted by molar-refractivity contribution is -0.124. The number of carbonyl (C=O) groups is 1. The van der Waals surface area contributed by atoms with Crippen LogP contribution in [0.5, 0.6) is 11.5 Å². The molecule has 1 N–H and O–H groups in total. The molecule has 32 heavy (non-hydrogen) atoms. The van der Waals surface area contributed by atoms with Gasteiger partial charge in [-0.15, -0.1) is 0 Å². The Morgan fingerprint density at radius 3 is 2.69 bits per heavy atom. The molecule has 0 spiro atoms. The predicted octanol–water partition coefficient (Wildman–Crippen LogP) is 4.32. The highest BCUT2D eigenvalue weighted by molar-refractivity contribution is 6.30. The smallest absolute Gasteiger partial charge is 0.258 e. The van der Waals surface area contributed by atoms with E-state index in [1.54, 1.807) is 24.3 Å². The van der Waals surface area contributed by atoms with Gasteiger partial charge in [0.05, 0.1) is 5.41 Å². The normalized spacial score (nSPS) is 23.1. The Hall–Kier alpha value is -2.84. The Labute approximate surface area is 192 Å². The molecular formula is C22H18Cl2FN3O4. The first-order valence-corrected chi connectivity index (χ1v) is 10.8. The van der Waals surface area contributed by atoms with E-state index >= 15 is 0 Å². The van der Waals surface area contributed by atoms with E-state index in [1.807, 2.05) is 0 Å². The number of fused-ring (bicyclic) bond motifs is 1. The van der Waals surface area contributed by atoms with Crippen LogP contribution in [-0.2, 0) is 16.8 Å². The summed E-state index contributed by atoms with van der Waals surface area (Å²) in [4.78, 5) is 16.7. The Morgan fingerprint density at radius 2 is 1.94 bits per heavy atom. The third-order valence-electron chi connectivity index (χ3n) is 5.88. The minimum Gasteiger partial charge on any atom is -0.485 e. The highest BCUT2D eigenvalue weighted by Gasteiger charge is 2.71. The summed E-state index contributed by atoms with van der Waals surface area (Å²) < 4.78 is 30.1. The Balaban J connectivity index is 1.09. The van der Waals surface area contributed by atoms with E-state index < -0.39 is 5.82 Å². The SMILES string of the molecule is O=C(COc1ccc(Cl)cc1F)NC1CC2(c3nc(COc4ccc(Cl)cc4)no3)CC12. The van der Waals surface area contributed by atoms with Crippen molar-refractivity contribution in [2.75, 3.05) is 6.61 Å². The lowest BCUT2D eigenvalue weighted by atomic mass is 9.79. The molecule has 0 radical (unpaired) electrons. The average molecular weight is 478 g/mol. The van der Waals surface area contributed by atoms with Gasteiger partial charge in [-0.1, -0.05) is 28.4 Å². The third-order valence-corrected chi connectivity index (χ3v) is 6.37. The molecule has 1 heterocycles. The fraction of sp³-hybridized carbons (Fsp3) is 0.318. The van der Waals surface area contributed by atoms with E-state index in [9.17, 15) is 9.18 Å². The minimum absolute atomic E-state index is 0.00170. The van der Waals surface area contributed by atoms with Crippen molar-refractivity contribution in [3.05, 3.63) is 70.0 Å². The molecule has 3 unspecified atom stereocenters. The molecule has 1 aromatic heterocycles. The number of nitrogens with zero attached hydrogens (tertiary/aromatic N) is 2. The van der Waals surface area contributed by atoms with Crippen molar-refractivity contribution in [2.45, 2.75) is 30.9 Å². The summed E-state index contributed by atoms with van der Waals surface area (Å²) in [6.45, 7) is -0.0911. The van der Waals surface area contributed by atoms with Crippen molar-refractivity contribution in [3.63, 3.8) is 0 Å². The molecule has 3 aromatic rings. The molecule has 2 saturated carbocycles. The summed E-state index contributed by atoms with van der Waals surface area (Å²) in [6.07, 6.45) is 1.57. The van der Waals surface area contributed by atoms with Gasteiger partial charge in [0.25, 0.3) is 5.91 Å². The quantitative estimate of drug-likeness (QED) is 0.519. The second-order valence-electron chi connectivity index (χ2n) is 7.97. The van der Waals surface area contributed by atoms with Gasteiger partial charge in [0, 0.05) is 16.1 Å². The maximum Gasteiger partial charge on any atom is 0.258 e. The molecule has 7 nitrogen and oxygen atoms in total. The molecule has 0 aliphatic heterocycles. The molecule has 5 rings (SSSR count). The number of nitrogens with one attached hydrogen (secondary N) is 1. The highest BCUT2D eigenvalue weighted by Crippen LogP contribution is 2.67. The van der Waals surface area contributed by atoms with Crippen molar-refractivity contribution in [1.29, 1.82) is 0 Å². The van der Waals surface area contributed by atoms with Crippen LogP contribution >= 0.6 is 23.2 Å². The summed E-state index contributed by atoms with van der Waals surface area (Å²) >= 11 is 11.6. The van der Waals surface area contributed by atoms with Gasteiger partial charge in [-0.05, 0) is 61.2 Å². The summed E-state index contributed by atoms with van der Waals surface area (Å²) in [7, 11) is 0. The topological polar surface area (TPSA) is 86.5 Å². The second kappa shape index (κ2) is 8.26. The number of halogens is 3. The van der Waals surface area contributed by atoms with Crippen LogP contribution in [0.2, 0.25) is 10.0 Å². The first kappa shape index (κ1) is 21.0. The van der Waals surface area contributed by atoms with Crippen molar-refractivity contribution >= 4 is 29.1 Å².